The van der Waals surface area contributed by atoms with Gasteiger partial charge in [0.15, 0.2) is 10.8 Å². The summed E-state index contributed by atoms with van der Waals surface area (Å²) >= 11 is 0. The highest BCUT2D eigenvalue weighted by molar-refractivity contribution is 7.88. The van der Waals surface area contributed by atoms with E-state index >= 15 is 4.39 Å². The number of pyridine rings is 1. The van der Waals surface area contributed by atoms with Gasteiger partial charge in [0.1, 0.15) is 11.9 Å². The third-order valence-electron chi connectivity index (χ3n) is 5.73. The topological polar surface area (TPSA) is 109 Å². The van der Waals surface area contributed by atoms with Gasteiger partial charge in [-0.25, -0.2) is 31.4 Å². The highest BCUT2D eigenvalue weighted by atomic mass is 32.2. The first-order chi connectivity index (χ1) is 17.2. The third kappa shape index (κ3) is 5.60. The van der Waals surface area contributed by atoms with Crippen molar-refractivity contribution in [2.45, 2.75) is 30.4 Å². The quantitative estimate of drug-likeness (QED) is 0.515. The van der Waals surface area contributed by atoms with Crippen LogP contribution in [-0.4, -0.2) is 75.1 Å². The molecule has 2 fully saturated rings. The average molecular weight is 529 g/mol. The van der Waals surface area contributed by atoms with E-state index in [9.17, 15) is 26.8 Å². The number of halogens is 3. The molecule has 2 aliphatic rings. The molecule has 0 radical (unpaired) electrons. The number of amides is 1. The van der Waals surface area contributed by atoms with Gasteiger partial charge in [-0.05, 0) is 36.8 Å². The van der Waals surface area contributed by atoms with Crippen LogP contribution in [0.5, 0.6) is 0 Å². The summed E-state index contributed by atoms with van der Waals surface area (Å²) in [6.45, 7) is 0.235. The number of carbonyl (C=O) groups excluding carboxylic acids is 2. The number of alkyl halides is 2. The normalized spacial score (nSPS) is 19.4. The molecule has 0 aliphatic carbocycles. The van der Waals surface area contributed by atoms with E-state index < -0.39 is 46.7 Å². The van der Waals surface area contributed by atoms with E-state index in [1.807, 2.05) is 0 Å². The zero-order chi connectivity index (χ0) is 25.9. The Kier molecular flexibility index (Phi) is 7.76. The van der Waals surface area contributed by atoms with Gasteiger partial charge in [0, 0.05) is 25.7 Å². The second-order valence-electron chi connectivity index (χ2n) is 8.08. The lowest BCUT2D eigenvalue weighted by Gasteiger charge is -2.23. The van der Waals surface area contributed by atoms with E-state index in [4.69, 9.17) is 9.57 Å². The lowest BCUT2D eigenvalue weighted by Crippen LogP contribution is -2.35. The Balaban J connectivity index is 1.41. The van der Waals surface area contributed by atoms with Crippen molar-refractivity contribution in [2.24, 2.45) is 0 Å². The number of anilines is 2. The zero-order valence-corrected chi connectivity index (χ0v) is 19.7. The standard InChI is InChI=1S/C22H23F3N4O6S/c23-17-13-15(28-14-16(35-22(28)31)5-7-19(30)21(24)25)4-6-18(17)27-9-10-29(34-12-11-27)36(32,33)20-3-1-2-8-26-20/h1-4,6,8,13,16,21H,5,7,9-12,14H2/t16-/m0/s1. The maximum atomic E-state index is 15.1. The molecule has 2 saturated heterocycles. The molecule has 2 aliphatic heterocycles. The fraction of sp³-hybridized carbons (Fsp3) is 0.409. The number of ether oxygens (including phenoxy) is 1. The van der Waals surface area contributed by atoms with Crippen molar-refractivity contribution in [3.05, 3.63) is 48.4 Å². The summed E-state index contributed by atoms with van der Waals surface area (Å²) in [6, 6.07) is 8.58. The van der Waals surface area contributed by atoms with Crippen LogP contribution in [0.4, 0.5) is 29.3 Å². The SMILES string of the molecule is O=C(CC[C@H]1CN(c2ccc(N3CCON(S(=O)(=O)c4ccccn4)CC3)c(F)c2)C(=O)O1)C(F)F. The van der Waals surface area contributed by atoms with Crippen LogP contribution in [0.2, 0.25) is 0 Å². The summed E-state index contributed by atoms with van der Waals surface area (Å²) in [5, 5.41) is -0.164. The summed E-state index contributed by atoms with van der Waals surface area (Å²) in [6.07, 6.45) is -3.74. The maximum absolute atomic E-state index is 15.1. The van der Waals surface area contributed by atoms with Crippen molar-refractivity contribution in [1.29, 1.82) is 0 Å². The molecule has 14 heteroatoms. The molecule has 0 saturated carbocycles. The molecule has 1 aromatic heterocycles. The van der Waals surface area contributed by atoms with Crippen molar-refractivity contribution in [2.75, 3.05) is 42.6 Å². The Morgan fingerprint density at radius 3 is 2.67 bits per heavy atom. The van der Waals surface area contributed by atoms with Gasteiger partial charge in [0.05, 0.1) is 31.1 Å². The Hall–Kier alpha value is -3.23. The number of hydroxylamine groups is 1. The molecule has 36 heavy (non-hydrogen) atoms. The number of hydrogen-bond donors (Lipinski definition) is 0. The number of benzene rings is 1. The number of nitrogens with zero attached hydrogens (tertiary/aromatic N) is 4. The summed E-state index contributed by atoms with van der Waals surface area (Å²) < 4.78 is 71.3. The van der Waals surface area contributed by atoms with Crippen molar-refractivity contribution < 1.29 is 40.8 Å². The van der Waals surface area contributed by atoms with Gasteiger partial charge in [-0.1, -0.05) is 10.5 Å². The van der Waals surface area contributed by atoms with E-state index in [2.05, 4.69) is 4.98 Å². The number of aromatic nitrogens is 1. The summed E-state index contributed by atoms with van der Waals surface area (Å²) in [5.74, 6) is -1.88. The zero-order valence-electron chi connectivity index (χ0n) is 18.9. The number of carbonyl (C=O) groups is 2. The van der Waals surface area contributed by atoms with Crippen LogP contribution in [0.1, 0.15) is 12.8 Å². The molecule has 3 heterocycles. The minimum atomic E-state index is -3.99. The Morgan fingerprint density at radius 2 is 1.97 bits per heavy atom. The minimum Gasteiger partial charge on any atom is -0.444 e. The highest BCUT2D eigenvalue weighted by Crippen LogP contribution is 2.29. The van der Waals surface area contributed by atoms with Crippen LogP contribution in [0.25, 0.3) is 0 Å². The molecule has 194 valence electrons. The molecular formula is C22H23F3N4O6S. The lowest BCUT2D eigenvalue weighted by molar-refractivity contribution is -0.129. The Labute approximate surface area is 205 Å². The third-order valence-corrected chi connectivity index (χ3v) is 7.33. The second-order valence-corrected chi connectivity index (χ2v) is 9.85. The van der Waals surface area contributed by atoms with E-state index in [1.54, 1.807) is 17.0 Å². The molecule has 0 bridgehead atoms. The highest BCUT2D eigenvalue weighted by Gasteiger charge is 2.34. The van der Waals surface area contributed by atoms with E-state index in [0.717, 1.165) is 15.4 Å². The van der Waals surface area contributed by atoms with E-state index in [-0.39, 0.29) is 55.6 Å². The van der Waals surface area contributed by atoms with Gasteiger partial charge in [0.2, 0.25) is 0 Å². The number of Topliss-reactive ketones (excluding diaryl/α,β-unsaturated/α-hetero) is 1. The van der Waals surface area contributed by atoms with Crippen molar-refractivity contribution in [3.63, 3.8) is 0 Å². The van der Waals surface area contributed by atoms with Crippen LogP contribution >= 0.6 is 0 Å². The van der Waals surface area contributed by atoms with Crippen molar-refractivity contribution in [3.8, 4) is 0 Å². The smallest absolute Gasteiger partial charge is 0.414 e. The predicted molar refractivity (Wildman–Crippen MR) is 121 cm³/mol. The Bertz CT molecular complexity index is 1220. The fourth-order valence-corrected chi connectivity index (χ4v) is 5.07. The second kappa shape index (κ2) is 10.8. The molecule has 1 aromatic carbocycles. The number of cyclic esters (lactones) is 1. The van der Waals surface area contributed by atoms with Crippen molar-refractivity contribution >= 4 is 33.3 Å². The van der Waals surface area contributed by atoms with Crippen LogP contribution in [0.15, 0.2) is 47.6 Å². The predicted octanol–water partition coefficient (Wildman–Crippen LogP) is 2.60. The molecule has 0 N–H and O–H groups in total. The lowest BCUT2D eigenvalue weighted by atomic mass is 10.1. The molecule has 0 unspecified atom stereocenters. The number of sulfonamides is 1. The van der Waals surface area contributed by atoms with Gasteiger partial charge in [0.25, 0.3) is 16.4 Å². The van der Waals surface area contributed by atoms with E-state index in [1.165, 1.54) is 24.4 Å². The number of hydrogen-bond acceptors (Lipinski definition) is 8. The molecule has 4 rings (SSSR count). The van der Waals surface area contributed by atoms with Crippen LogP contribution < -0.4 is 9.80 Å². The average Bonchev–Trinajstić information content (AvgIpc) is 3.06. The first-order valence-corrected chi connectivity index (χ1v) is 12.5. The van der Waals surface area contributed by atoms with E-state index in [0.29, 0.717) is 0 Å². The van der Waals surface area contributed by atoms with Gasteiger partial charge in [-0.2, -0.15) is 0 Å². The minimum absolute atomic E-state index is 0.00790. The first kappa shape index (κ1) is 25.9. The molecule has 2 aromatic rings. The van der Waals surface area contributed by atoms with Gasteiger partial charge >= 0.3 is 6.09 Å². The fourth-order valence-electron chi connectivity index (χ4n) is 3.88. The summed E-state index contributed by atoms with van der Waals surface area (Å²) in [4.78, 5) is 35.4. The first-order valence-electron chi connectivity index (χ1n) is 11.1. The molecule has 1 atom stereocenters. The summed E-state index contributed by atoms with van der Waals surface area (Å²) in [7, 11) is -3.99. The van der Waals surface area contributed by atoms with Gasteiger partial charge < -0.3 is 9.64 Å². The van der Waals surface area contributed by atoms with Crippen LogP contribution in [0, 0.1) is 5.82 Å². The summed E-state index contributed by atoms with van der Waals surface area (Å²) in [5.41, 5.74) is 0.389. The number of rotatable bonds is 8. The largest absolute Gasteiger partial charge is 0.444 e. The maximum Gasteiger partial charge on any atom is 0.414 e. The van der Waals surface area contributed by atoms with Crippen LogP contribution in [0.3, 0.4) is 0 Å². The molecule has 0 spiro atoms. The molecule has 10 nitrogen and oxygen atoms in total. The molecule has 1 amide bonds. The monoisotopic (exact) mass is 528 g/mol. The van der Waals surface area contributed by atoms with Gasteiger partial charge in [-0.3, -0.25) is 14.5 Å². The van der Waals surface area contributed by atoms with Crippen molar-refractivity contribution in [1.82, 2.24) is 9.45 Å². The Morgan fingerprint density at radius 1 is 1.17 bits per heavy atom. The van der Waals surface area contributed by atoms with Gasteiger partial charge in [-0.15, -0.1) is 0 Å². The molecular weight excluding hydrogens is 505 g/mol. The number of ketones is 1. The van der Waals surface area contributed by atoms with Crippen LogP contribution in [-0.2, 0) is 24.4 Å².